The lowest BCUT2D eigenvalue weighted by atomic mass is 10.1. The Morgan fingerprint density at radius 1 is 1.29 bits per heavy atom. The van der Waals surface area contributed by atoms with E-state index in [9.17, 15) is 9.18 Å². The minimum absolute atomic E-state index is 0.0320. The summed E-state index contributed by atoms with van der Waals surface area (Å²) in [5.74, 6) is -0.648. The number of para-hydroxylation sites is 1. The number of halogens is 1. The maximum Gasteiger partial charge on any atom is 0.194 e. The fourth-order valence-electron chi connectivity index (χ4n) is 1.46. The van der Waals surface area contributed by atoms with E-state index in [1.54, 1.807) is 24.4 Å². The number of carbonyl (C=O) groups excluding carboxylic acids is 1. The van der Waals surface area contributed by atoms with Crippen LogP contribution in [0.1, 0.15) is 34.1 Å². The molecule has 1 aromatic rings. The Labute approximate surface area is 124 Å². The standard InChI is InChI=1S/C17H20FNO2/c1-5-14(11-19-12(2)3)10-17(13(4)20)21-16-9-7-6-8-15(16)18/h6-11H,5H2,1-4H3/b14-11+,17-10+. The maximum absolute atomic E-state index is 13.6. The molecule has 1 rings (SSSR count). The fourth-order valence-corrected chi connectivity index (χ4v) is 1.46. The minimum Gasteiger partial charge on any atom is -0.451 e. The second-order valence-corrected chi connectivity index (χ2v) is 4.73. The molecule has 0 aliphatic heterocycles. The summed E-state index contributed by atoms with van der Waals surface area (Å²) in [6.45, 7) is 7.10. The summed E-state index contributed by atoms with van der Waals surface area (Å²) in [6.07, 6.45) is 3.97. The number of carbonyl (C=O) groups is 1. The Balaban J connectivity index is 3.09. The van der Waals surface area contributed by atoms with E-state index in [1.807, 2.05) is 20.8 Å². The number of Topliss-reactive ketones (excluding diaryl/α,β-unsaturated/α-hetero) is 1. The number of nitrogens with zero attached hydrogens (tertiary/aromatic N) is 1. The zero-order chi connectivity index (χ0) is 15.8. The van der Waals surface area contributed by atoms with Crippen molar-refractivity contribution in [3.05, 3.63) is 53.7 Å². The molecule has 0 saturated carbocycles. The summed E-state index contributed by atoms with van der Waals surface area (Å²) in [5.41, 5.74) is 1.74. The lowest BCUT2D eigenvalue weighted by molar-refractivity contribution is -0.115. The van der Waals surface area contributed by atoms with Crippen LogP contribution in [0, 0.1) is 5.82 Å². The van der Waals surface area contributed by atoms with E-state index in [1.165, 1.54) is 19.1 Å². The number of allylic oxidation sites excluding steroid dienone is 3. The van der Waals surface area contributed by atoms with Crippen molar-refractivity contribution in [3.8, 4) is 5.75 Å². The first kappa shape index (κ1) is 16.8. The van der Waals surface area contributed by atoms with Crippen molar-refractivity contribution in [2.24, 2.45) is 4.99 Å². The summed E-state index contributed by atoms with van der Waals surface area (Å²) >= 11 is 0. The first-order valence-electron chi connectivity index (χ1n) is 6.79. The minimum atomic E-state index is -0.505. The molecular weight excluding hydrogens is 269 g/mol. The van der Waals surface area contributed by atoms with Gasteiger partial charge in [-0.2, -0.15) is 0 Å². The predicted octanol–water partition coefficient (Wildman–Crippen LogP) is 4.45. The van der Waals surface area contributed by atoms with Crippen molar-refractivity contribution in [3.63, 3.8) is 0 Å². The van der Waals surface area contributed by atoms with E-state index in [-0.39, 0.29) is 17.3 Å². The van der Waals surface area contributed by atoms with Gasteiger partial charge in [0, 0.05) is 18.8 Å². The third-order valence-corrected chi connectivity index (χ3v) is 2.62. The Morgan fingerprint density at radius 2 is 1.95 bits per heavy atom. The molecule has 0 saturated heterocycles. The number of ketones is 1. The van der Waals surface area contributed by atoms with Gasteiger partial charge in [-0.25, -0.2) is 4.39 Å². The maximum atomic E-state index is 13.6. The molecule has 0 amide bonds. The van der Waals surface area contributed by atoms with Crippen molar-refractivity contribution in [2.75, 3.05) is 0 Å². The predicted molar refractivity (Wildman–Crippen MR) is 82.9 cm³/mol. The van der Waals surface area contributed by atoms with Crippen LogP contribution in [0.5, 0.6) is 5.75 Å². The van der Waals surface area contributed by atoms with Crippen molar-refractivity contribution in [1.82, 2.24) is 0 Å². The van der Waals surface area contributed by atoms with Crippen LogP contribution in [0.3, 0.4) is 0 Å². The normalized spacial score (nSPS) is 12.0. The van der Waals surface area contributed by atoms with Crippen LogP contribution >= 0.6 is 0 Å². The second kappa shape index (κ2) is 8.15. The number of ether oxygens (including phenoxy) is 1. The van der Waals surface area contributed by atoms with Crippen molar-refractivity contribution in [2.45, 2.75) is 34.1 Å². The van der Waals surface area contributed by atoms with Crippen LogP contribution in [0.25, 0.3) is 0 Å². The largest absolute Gasteiger partial charge is 0.451 e. The first-order valence-corrected chi connectivity index (χ1v) is 6.79. The van der Waals surface area contributed by atoms with Gasteiger partial charge in [0.2, 0.25) is 0 Å². The van der Waals surface area contributed by atoms with E-state index in [2.05, 4.69) is 4.99 Å². The smallest absolute Gasteiger partial charge is 0.194 e. The average Bonchev–Trinajstić information content (AvgIpc) is 2.43. The molecule has 0 aliphatic carbocycles. The second-order valence-electron chi connectivity index (χ2n) is 4.73. The lowest BCUT2D eigenvalue weighted by Crippen LogP contribution is -2.06. The topological polar surface area (TPSA) is 38.7 Å². The summed E-state index contributed by atoms with van der Waals surface area (Å²) in [7, 11) is 0. The van der Waals surface area contributed by atoms with Gasteiger partial charge in [-0.3, -0.25) is 9.79 Å². The quantitative estimate of drug-likeness (QED) is 0.336. The van der Waals surface area contributed by atoms with Gasteiger partial charge < -0.3 is 4.74 Å². The number of rotatable bonds is 6. The van der Waals surface area contributed by atoms with Gasteiger partial charge in [-0.05, 0) is 44.1 Å². The van der Waals surface area contributed by atoms with E-state index < -0.39 is 5.82 Å². The lowest BCUT2D eigenvalue weighted by Gasteiger charge is -2.09. The molecule has 0 bridgehead atoms. The number of aliphatic imine (C=N–C) groups is 1. The molecule has 21 heavy (non-hydrogen) atoms. The fraction of sp³-hybridized carbons (Fsp3) is 0.294. The summed E-state index contributed by atoms with van der Waals surface area (Å²) in [5, 5.41) is 0. The van der Waals surface area contributed by atoms with E-state index in [0.717, 1.165) is 11.3 Å². The average molecular weight is 289 g/mol. The number of hydrogen-bond acceptors (Lipinski definition) is 3. The van der Waals surface area contributed by atoms with E-state index in [4.69, 9.17) is 4.74 Å². The van der Waals surface area contributed by atoms with Gasteiger partial charge in [0.1, 0.15) is 0 Å². The Hall–Kier alpha value is -2.23. The van der Waals surface area contributed by atoms with Gasteiger partial charge in [0.25, 0.3) is 0 Å². The summed E-state index contributed by atoms with van der Waals surface area (Å²) in [6, 6.07) is 5.98. The van der Waals surface area contributed by atoms with Crippen molar-refractivity contribution >= 4 is 11.5 Å². The number of benzene rings is 1. The van der Waals surface area contributed by atoms with E-state index >= 15 is 0 Å². The highest BCUT2D eigenvalue weighted by molar-refractivity contribution is 5.92. The molecule has 0 aliphatic rings. The van der Waals surface area contributed by atoms with Crippen LogP contribution in [0.2, 0.25) is 0 Å². The third kappa shape index (κ3) is 5.73. The SMILES string of the molecule is CCC(=C\N=C(C)C)/C=C(/Oc1ccccc1F)C(C)=O. The molecule has 4 heteroatoms. The molecular formula is C17H20FNO2. The molecule has 0 spiro atoms. The van der Waals surface area contributed by atoms with Crippen LogP contribution in [-0.4, -0.2) is 11.5 Å². The zero-order valence-corrected chi connectivity index (χ0v) is 12.8. The summed E-state index contributed by atoms with van der Waals surface area (Å²) in [4.78, 5) is 15.9. The van der Waals surface area contributed by atoms with Crippen LogP contribution in [0.4, 0.5) is 4.39 Å². The molecule has 0 N–H and O–H groups in total. The van der Waals surface area contributed by atoms with Gasteiger partial charge >= 0.3 is 0 Å². The highest BCUT2D eigenvalue weighted by Gasteiger charge is 2.10. The van der Waals surface area contributed by atoms with Gasteiger partial charge in [-0.1, -0.05) is 19.1 Å². The molecule has 0 fully saturated rings. The highest BCUT2D eigenvalue weighted by atomic mass is 19.1. The third-order valence-electron chi connectivity index (χ3n) is 2.62. The monoisotopic (exact) mass is 289 g/mol. The Morgan fingerprint density at radius 3 is 2.48 bits per heavy atom. The molecule has 0 aromatic heterocycles. The van der Waals surface area contributed by atoms with Gasteiger partial charge in [0.15, 0.2) is 23.1 Å². The summed E-state index contributed by atoms with van der Waals surface area (Å²) < 4.78 is 19.0. The van der Waals surface area contributed by atoms with E-state index in [0.29, 0.717) is 6.42 Å². The van der Waals surface area contributed by atoms with Crippen molar-refractivity contribution < 1.29 is 13.9 Å². The molecule has 1 aromatic carbocycles. The first-order chi connectivity index (χ1) is 9.93. The molecule has 0 unspecified atom stereocenters. The zero-order valence-electron chi connectivity index (χ0n) is 12.8. The Kier molecular flexibility index (Phi) is 6.53. The van der Waals surface area contributed by atoms with Crippen molar-refractivity contribution in [1.29, 1.82) is 0 Å². The van der Waals surface area contributed by atoms with Gasteiger partial charge in [0.05, 0.1) is 0 Å². The van der Waals surface area contributed by atoms with Gasteiger partial charge in [-0.15, -0.1) is 0 Å². The van der Waals surface area contributed by atoms with Crippen LogP contribution in [0.15, 0.2) is 52.9 Å². The molecule has 112 valence electrons. The number of hydrogen-bond donors (Lipinski definition) is 0. The molecule has 0 radical (unpaired) electrons. The van der Waals surface area contributed by atoms with Crippen LogP contribution in [-0.2, 0) is 4.79 Å². The molecule has 0 atom stereocenters. The Bertz CT molecular complexity index is 597. The molecule has 0 heterocycles. The highest BCUT2D eigenvalue weighted by Crippen LogP contribution is 2.20. The molecule has 3 nitrogen and oxygen atoms in total. The van der Waals surface area contributed by atoms with Crippen LogP contribution < -0.4 is 4.74 Å².